The van der Waals surface area contributed by atoms with E-state index in [0.717, 1.165) is 36.3 Å². The fourth-order valence-corrected chi connectivity index (χ4v) is 2.98. The van der Waals surface area contributed by atoms with Gasteiger partial charge in [0.05, 0.1) is 18.2 Å². The van der Waals surface area contributed by atoms with Crippen LogP contribution in [0.25, 0.3) is 11.3 Å². The molecule has 25 heavy (non-hydrogen) atoms. The van der Waals surface area contributed by atoms with Gasteiger partial charge in [-0.15, -0.1) is 0 Å². The second kappa shape index (κ2) is 7.17. The number of anilines is 1. The summed E-state index contributed by atoms with van der Waals surface area (Å²) in [6.07, 6.45) is 5.27. The Balaban J connectivity index is 1.58. The normalized spacial score (nSPS) is 18.0. The number of imidazole rings is 1. The molecule has 1 saturated heterocycles. The fraction of sp³-hybridized carbons (Fsp3) is 0.474. The molecule has 1 atom stereocenters. The van der Waals surface area contributed by atoms with Crippen molar-refractivity contribution < 1.29 is 9.53 Å². The van der Waals surface area contributed by atoms with Crippen molar-refractivity contribution in [1.29, 1.82) is 0 Å². The number of nitrogens with zero attached hydrogens (tertiary/aromatic N) is 2. The van der Waals surface area contributed by atoms with Gasteiger partial charge in [-0.2, -0.15) is 0 Å². The molecule has 2 heterocycles. The lowest BCUT2D eigenvalue weighted by atomic mass is 10.1. The van der Waals surface area contributed by atoms with Crippen molar-refractivity contribution in [3.63, 3.8) is 0 Å². The van der Waals surface area contributed by atoms with Gasteiger partial charge in [0, 0.05) is 24.8 Å². The predicted octanol–water partition coefficient (Wildman–Crippen LogP) is 3.89. The van der Waals surface area contributed by atoms with Gasteiger partial charge in [-0.1, -0.05) is 12.1 Å². The second-order valence-corrected chi connectivity index (χ2v) is 7.45. The van der Waals surface area contributed by atoms with Crippen molar-refractivity contribution in [2.24, 2.45) is 0 Å². The van der Waals surface area contributed by atoms with Crippen molar-refractivity contribution in [2.45, 2.75) is 45.3 Å². The van der Waals surface area contributed by atoms with E-state index in [2.05, 4.69) is 39.6 Å². The van der Waals surface area contributed by atoms with Crippen molar-refractivity contribution in [2.75, 3.05) is 18.4 Å². The number of carbonyl (C=O) groups is 1. The third-order valence-electron chi connectivity index (χ3n) is 4.14. The number of aromatic amines is 1. The first-order chi connectivity index (χ1) is 11.9. The molecule has 0 radical (unpaired) electrons. The van der Waals surface area contributed by atoms with Crippen LogP contribution in [0.2, 0.25) is 0 Å². The molecule has 6 nitrogen and oxygen atoms in total. The molecule has 1 amide bonds. The van der Waals surface area contributed by atoms with E-state index >= 15 is 0 Å². The third-order valence-corrected chi connectivity index (χ3v) is 4.14. The van der Waals surface area contributed by atoms with Crippen LogP contribution in [0.4, 0.5) is 10.5 Å². The fourth-order valence-electron chi connectivity index (χ4n) is 2.98. The topological polar surface area (TPSA) is 70.2 Å². The zero-order valence-electron chi connectivity index (χ0n) is 15.1. The standard InChI is InChI=1S/C19H26N4O2/c1-19(2,3)25-18(24)23-10-4-5-16(12-23)22-15-8-6-14(7-9-15)17-11-20-13-21-17/h6-9,11,13,16,22H,4-5,10,12H2,1-3H3,(H,20,21). The van der Waals surface area contributed by atoms with Crippen LogP contribution in [0.1, 0.15) is 33.6 Å². The summed E-state index contributed by atoms with van der Waals surface area (Å²) in [6.45, 7) is 7.10. The quantitative estimate of drug-likeness (QED) is 0.888. The number of amides is 1. The number of carbonyl (C=O) groups excluding carboxylic acids is 1. The highest BCUT2D eigenvalue weighted by Gasteiger charge is 2.27. The molecule has 1 aromatic carbocycles. The first-order valence-electron chi connectivity index (χ1n) is 8.74. The van der Waals surface area contributed by atoms with Crippen molar-refractivity contribution in [3.05, 3.63) is 36.8 Å². The van der Waals surface area contributed by atoms with Crippen LogP contribution in [0.5, 0.6) is 0 Å². The molecular formula is C19H26N4O2. The number of likely N-dealkylation sites (tertiary alicyclic amines) is 1. The highest BCUT2D eigenvalue weighted by atomic mass is 16.6. The first-order valence-corrected chi connectivity index (χ1v) is 8.74. The number of aromatic nitrogens is 2. The molecule has 2 aromatic rings. The van der Waals surface area contributed by atoms with E-state index in [-0.39, 0.29) is 12.1 Å². The minimum absolute atomic E-state index is 0.228. The zero-order chi connectivity index (χ0) is 17.9. The molecule has 1 aromatic heterocycles. The van der Waals surface area contributed by atoms with Crippen LogP contribution in [0.3, 0.4) is 0 Å². The van der Waals surface area contributed by atoms with E-state index in [1.165, 1.54) is 0 Å². The largest absolute Gasteiger partial charge is 0.444 e. The highest BCUT2D eigenvalue weighted by molar-refractivity contribution is 5.68. The highest BCUT2D eigenvalue weighted by Crippen LogP contribution is 2.22. The average Bonchev–Trinajstić information content (AvgIpc) is 3.09. The number of hydrogen-bond acceptors (Lipinski definition) is 4. The molecule has 6 heteroatoms. The van der Waals surface area contributed by atoms with Crippen molar-refractivity contribution in [1.82, 2.24) is 14.9 Å². The monoisotopic (exact) mass is 342 g/mol. The van der Waals surface area contributed by atoms with Crippen LogP contribution in [0.15, 0.2) is 36.8 Å². The molecule has 134 valence electrons. The Morgan fingerprint density at radius 3 is 2.72 bits per heavy atom. The molecular weight excluding hydrogens is 316 g/mol. The molecule has 0 aliphatic carbocycles. The first kappa shape index (κ1) is 17.3. The van der Waals surface area contributed by atoms with Gasteiger partial charge in [0.15, 0.2) is 0 Å². The van der Waals surface area contributed by atoms with E-state index < -0.39 is 5.60 Å². The van der Waals surface area contributed by atoms with Crippen LogP contribution >= 0.6 is 0 Å². The van der Waals surface area contributed by atoms with Gasteiger partial charge in [0.1, 0.15) is 5.60 Å². The molecule has 3 rings (SSSR count). The molecule has 1 aliphatic heterocycles. The number of ether oxygens (including phenoxy) is 1. The molecule has 0 saturated carbocycles. The van der Waals surface area contributed by atoms with Gasteiger partial charge in [-0.25, -0.2) is 9.78 Å². The molecule has 0 bridgehead atoms. The summed E-state index contributed by atoms with van der Waals surface area (Å²) >= 11 is 0. The van der Waals surface area contributed by atoms with E-state index in [4.69, 9.17) is 4.74 Å². The molecule has 1 aliphatic rings. The lowest BCUT2D eigenvalue weighted by Crippen LogP contribution is -2.46. The lowest BCUT2D eigenvalue weighted by molar-refractivity contribution is 0.0206. The Bertz CT molecular complexity index is 689. The SMILES string of the molecule is CC(C)(C)OC(=O)N1CCCC(Nc2ccc(-c3cnc[nH]3)cc2)C1. The van der Waals surface area contributed by atoms with Gasteiger partial charge in [-0.05, 0) is 51.3 Å². The summed E-state index contributed by atoms with van der Waals surface area (Å²) in [6, 6.07) is 8.47. The number of H-pyrrole nitrogens is 1. The summed E-state index contributed by atoms with van der Waals surface area (Å²) in [5.74, 6) is 0. The summed E-state index contributed by atoms with van der Waals surface area (Å²) in [5.41, 5.74) is 2.70. The number of nitrogens with one attached hydrogen (secondary N) is 2. The maximum Gasteiger partial charge on any atom is 0.410 e. The third kappa shape index (κ3) is 4.75. The minimum Gasteiger partial charge on any atom is -0.444 e. The number of piperidine rings is 1. The van der Waals surface area contributed by atoms with Gasteiger partial charge in [-0.3, -0.25) is 0 Å². The molecule has 1 unspecified atom stereocenters. The number of benzene rings is 1. The van der Waals surface area contributed by atoms with E-state index in [9.17, 15) is 4.79 Å². The Kier molecular flexibility index (Phi) is 4.97. The predicted molar refractivity (Wildman–Crippen MR) is 98.5 cm³/mol. The lowest BCUT2D eigenvalue weighted by Gasteiger charge is -2.34. The molecule has 0 spiro atoms. The molecule has 1 fully saturated rings. The minimum atomic E-state index is -0.458. The second-order valence-electron chi connectivity index (χ2n) is 7.45. The van der Waals surface area contributed by atoms with Crippen molar-refractivity contribution in [3.8, 4) is 11.3 Å². The Morgan fingerprint density at radius 2 is 2.08 bits per heavy atom. The maximum atomic E-state index is 12.3. The maximum absolute atomic E-state index is 12.3. The number of hydrogen-bond donors (Lipinski definition) is 2. The van der Waals surface area contributed by atoms with Crippen LogP contribution in [-0.2, 0) is 4.74 Å². The van der Waals surface area contributed by atoms with Crippen LogP contribution < -0.4 is 5.32 Å². The smallest absolute Gasteiger partial charge is 0.410 e. The Hall–Kier alpha value is -2.50. The van der Waals surface area contributed by atoms with E-state index in [1.807, 2.05) is 27.0 Å². The summed E-state index contributed by atoms with van der Waals surface area (Å²) in [7, 11) is 0. The van der Waals surface area contributed by atoms with E-state index in [0.29, 0.717) is 6.54 Å². The van der Waals surface area contributed by atoms with Gasteiger partial charge in [0.2, 0.25) is 0 Å². The van der Waals surface area contributed by atoms with Crippen LogP contribution in [-0.4, -0.2) is 45.7 Å². The summed E-state index contributed by atoms with van der Waals surface area (Å²) < 4.78 is 5.48. The summed E-state index contributed by atoms with van der Waals surface area (Å²) in [5, 5.41) is 3.53. The average molecular weight is 342 g/mol. The van der Waals surface area contributed by atoms with Gasteiger partial charge in [0.25, 0.3) is 0 Å². The van der Waals surface area contributed by atoms with Crippen LogP contribution in [0, 0.1) is 0 Å². The summed E-state index contributed by atoms with van der Waals surface area (Å²) in [4.78, 5) is 21.2. The van der Waals surface area contributed by atoms with Gasteiger partial charge >= 0.3 is 6.09 Å². The van der Waals surface area contributed by atoms with E-state index in [1.54, 1.807) is 11.2 Å². The Labute approximate surface area is 148 Å². The number of rotatable bonds is 3. The van der Waals surface area contributed by atoms with Gasteiger partial charge < -0.3 is 19.9 Å². The zero-order valence-corrected chi connectivity index (χ0v) is 15.1. The Morgan fingerprint density at radius 1 is 1.32 bits per heavy atom. The van der Waals surface area contributed by atoms with Crippen molar-refractivity contribution >= 4 is 11.8 Å². The molecule has 2 N–H and O–H groups in total.